The molecule has 0 radical (unpaired) electrons. The molecule has 2 aromatic rings. The van der Waals surface area contributed by atoms with Gasteiger partial charge in [0.15, 0.2) is 0 Å². The number of unbranched alkanes of at least 4 members (excludes halogenated alkanes) is 1. The van der Waals surface area contributed by atoms with Crippen molar-refractivity contribution in [3.8, 4) is 16.2 Å². The lowest BCUT2D eigenvalue weighted by atomic mass is 9.85. The average molecular weight is 560 g/mol. The molecule has 10 nitrogen and oxygen atoms in total. The van der Waals surface area contributed by atoms with Crippen LogP contribution < -0.4 is 21.1 Å². The SMILES string of the molecule is CC(=O)NC(C(=O)N1CC(O)CC1C(=O)NCc1ccc(-c2scnc2C)cc1OCCCCN)C(C)(C)C. The lowest BCUT2D eigenvalue weighted by molar-refractivity contribution is -0.143. The maximum Gasteiger partial charge on any atom is 0.246 e. The standard InChI is InChI=1S/C28H41N5O5S/c1-17-24(39-16-31-17)19-8-9-20(23(12-19)38-11-7-6-10-29)14-30-26(36)22-13-21(35)15-33(22)27(37)25(28(3,4)5)32-18(2)34/h8-9,12,16,21-22,25,35H,6-7,10-11,13-15,29H2,1-5H3,(H,30,36)(H,32,34). The Morgan fingerprint density at radius 1 is 1.28 bits per heavy atom. The van der Waals surface area contributed by atoms with Gasteiger partial charge in [-0.25, -0.2) is 4.98 Å². The summed E-state index contributed by atoms with van der Waals surface area (Å²) in [6.07, 6.45) is 0.959. The fourth-order valence-corrected chi connectivity index (χ4v) is 5.41. The Labute approximate surface area is 234 Å². The van der Waals surface area contributed by atoms with E-state index < -0.39 is 23.6 Å². The molecule has 11 heteroatoms. The number of carbonyl (C=O) groups is 3. The van der Waals surface area contributed by atoms with E-state index in [9.17, 15) is 19.5 Å². The number of thiazole rings is 1. The van der Waals surface area contributed by atoms with Crippen LogP contribution in [0.25, 0.3) is 10.4 Å². The Bertz CT molecular complexity index is 1160. The van der Waals surface area contributed by atoms with Gasteiger partial charge in [0.25, 0.3) is 0 Å². The third-order valence-corrected chi connectivity index (χ3v) is 7.69. The highest BCUT2D eigenvalue weighted by Crippen LogP contribution is 2.32. The fraction of sp³-hybridized carbons (Fsp3) is 0.571. The van der Waals surface area contributed by atoms with E-state index in [0.29, 0.717) is 18.9 Å². The molecular weight excluding hydrogens is 518 g/mol. The Balaban J connectivity index is 1.77. The third-order valence-electron chi connectivity index (χ3n) is 6.71. The zero-order valence-corrected chi connectivity index (χ0v) is 24.3. The number of hydrogen-bond acceptors (Lipinski definition) is 8. The minimum atomic E-state index is -0.848. The van der Waals surface area contributed by atoms with Crippen LogP contribution >= 0.6 is 11.3 Å². The van der Waals surface area contributed by atoms with Crippen molar-refractivity contribution in [2.24, 2.45) is 11.1 Å². The normalized spacial score (nSPS) is 18.1. The van der Waals surface area contributed by atoms with E-state index in [2.05, 4.69) is 15.6 Å². The number of aromatic nitrogens is 1. The van der Waals surface area contributed by atoms with Crippen LogP contribution in [0.4, 0.5) is 0 Å². The number of carbonyl (C=O) groups excluding carboxylic acids is 3. The van der Waals surface area contributed by atoms with E-state index in [-0.39, 0.29) is 37.2 Å². The Morgan fingerprint density at radius 3 is 2.64 bits per heavy atom. The average Bonchev–Trinajstić information content (AvgIpc) is 3.48. The van der Waals surface area contributed by atoms with E-state index >= 15 is 0 Å². The molecule has 0 bridgehead atoms. The number of amides is 3. The molecule has 1 fully saturated rings. The number of rotatable bonds is 11. The smallest absolute Gasteiger partial charge is 0.246 e. The molecule has 3 rings (SSSR count). The van der Waals surface area contributed by atoms with Crippen LogP contribution in [0.15, 0.2) is 23.7 Å². The number of ether oxygens (including phenoxy) is 1. The number of nitrogens with two attached hydrogens (primary N) is 1. The maximum absolute atomic E-state index is 13.5. The van der Waals surface area contributed by atoms with Gasteiger partial charge in [-0.15, -0.1) is 11.3 Å². The summed E-state index contributed by atoms with van der Waals surface area (Å²) in [5.41, 5.74) is 9.56. The molecule has 5 N–H and O–H groups in total. The summed E-state index contributed by atoms with van der Waals surface area (Å²) in [6.45, 7) is 10.2. The van der Waals surface area contributed by atoms with Crippen LogP contribution in [0.1, 0.15) is 58.2 Å². The lowest BCUT2D eigenvalue weighted by Gasteiger charge is -2.35. The van der Waals surface area contributed by atoms with Crippen molar-refractivity contribution in [1.82, 2.24) is 20.5 Å². The molecule has 0 spiro atoms. The molecule has 1 saturated heterocycles. The minimum absolute atomic E-state index is 0.0293. The molecule has 1 aliphatic rings. The highest BCUT2D eigenvalue weighted by atomic mass is 32.1. The Kier molecular flexibility index (Phi) is 10.5. The zero-order chi connectivity index (χ0) is 28.7. The molecule has 3 unspecified atom stereocenters. The molecule has 39 heavy (non-hydrogen) atoms. The van der Waals surface area contributed by atoms with Gasteiger partial charge in [0, 0.05) is 32.0 Å². The summed E-state index contributed by atoms with van der Waals surface area (Å²) in [6, 6.07) is 4.18. The van der Waals surface area contributed by atoms with Gasteiger partial charge in [-0.3, -0.25) is 14.4 Å². The molecule has 1 aliphatic heterocycles. The highest BCUT2D eigenvalue weighted by Gasteiger charge is 2.44. The van der Waals surface area contributed by atoms with Crippen LogP contribution in [0.5, 0.6) is 5.75 Å². The monoisotopic (exact) mass is 559 g/mol. The van der Waals surface area contributed by atoms with Gasteiger partial charge in [0.05, 0.1) is 28.8 Å². The Morgan fingerprint density at radius 2 is 2.03 bits per heavy atom. The molecule has 2 heterocycles. The van der Waals surface area contributed by atoms with Crippen LogP contribution in [0.2, 0.25) is 0 Å². The second kappa shape index (κ2) is 13.4. The number of nitrogens with one attached hydrogen (secondary N) is 2. The summed E-state index contributed by atoms with van der Waals surface area (Å²) in [7, 11) is 0. The third kappa shape index (κ3) is 8.00. The Hall–Kier alpha value is -3.02. The van der Waals surface area contributed by atoms with Gasteiger partial charge in [-0.05, 0) is 43.4 Å². The number of benzene rings is 1. The van der Waals surface area contributed by atoms with Crippen LogP contribution in [-0.2, 0) is 20.9 Å². The van der Waals surface area contributed by atoms with Gasteiger partial charge in [-0.2, -0.15) is 0 Å². The zero-order valence-electron chi connectivity index (χ0n) is 23.5. The topological polar surface area (TPSA) is 147 Å². The number of β-amino-alcohol motifs (C(OH)–C–C–N with tert-alkyl or cyclic N) is 1. The van der Waals surface area contributed by atoms with E-state index in [0.717, 1.165) is 34.5 Å². The first kappa shape index (κ1) is 30.5. The van der Waals surface area contributed by atoms with Gasteiger partial charge in [0.2, 0.25) is 17.7 Å². The molecule has 0 aliphatic carbocycles. The number of aliphatic hydroxyl groups is 1. The predicted octanol–water partition coefficient (Wildman–Crippen LogP) is 2.37. The number of nitrogens with zero attached hydrogens (tertiary/aromatic N) is 2. The van der Waals surface area contributed by atoms with E-state index in [4.69, 9.17) is 10.5 Å². The molecule has 3 amide bonds. The van der Waals surface area contributed by atoms with Crippen molar-refractivity contribution >= 4 is 29.1 Å². The van der Waals surface area contributed by atoms with Crippen molar-refractivity contribution < 1.29 is 24.2 Å². The lowest BCUT2D eigenvalue weighted by Crippen LogP contribution is -2.57. The molecule has 3 atom stereocenters. The number of aryl methyl sites for hydroxylation is 1. The number of aliphatic hydroxyl groups excluding tert-OH is 1. The quantitative estimate of drug-likeness (QED) is 0.309. The fourth-order valence-electron chi connectivity index (χ4n) is 4.61. The van der Waals surface area contributed by atoms with Crippen molar-refractivity contribution in [2.45, 2.75) is 78.6 Å². The summed E-state index contributed by atoms with van der Waals surface area (Å²) >= 11 is 1.55. The van der Waals surface area contributed by atoms with Crippen molar-refractivity contribution in [3.05, 3.63) is 35.0 Å². The molecule has 1 aromatic carbocycles. The van der Waals surface area contributed by atoms with Crippen LogP contribution in [-0.4, -0.2) is 70.6 Å². The van der Waals surface area contributed by atoms with Gasteiger partial charge < -0.3 is 31.1 Å². The van der Waals surface area contributed by atoms with E-state index in [1.807, 2.05) is 45.9 Å². The predicted molar refractivity (Wildman–Crippen MR) is 151 cm³/mol. The van der Waals surface area contributed by atoms with Gasteiger partial charge >= 0.3 is 0 Å². The van der Waals surface area contributed by atoms with Crippen molar-refractivity contribution in [1.29, 1.82) is 0 Å². The largest absolute Gasteiger partial charge is 0.493 e. The maximum atomic E-state index is 13.5. The van der Waals surface area contributed by atoms with Crippen LogP contribution in [0, 0.1) is 12.3 Å². The summed E-state index contributed by atoms with van der Waals surface area (Å²) < 4.78 is 6.09. The molecular formula is C28H41N5O5S. The highest BCUT2D eigenvalue weighted by molar-refractivity contribution is 7.13. The minimum Gasteiger partial charge on any atom is -0.493 e. The number of likely N-dealkylation sites (tertiary alicyclic amines) is 1. The van der Waals surface area contributed by atoms with Gasteiger partial charge in [-0.1, -0.05) is 32.9 Å². The first-order chi connectivity index (χ1) is 18.4. The first-order valence-electron chi connectivity index (χ1n) is 13.3. The second-order valence-electron chi connectivity index (χ2n) is 11.0. The second-order valence-corrected chi connectivity index (χ2v) is 11.9. The molecule has 0 saturated carbocycles. The van der Waals surface area contributed by atoms with Crippen molar-refractivity contribution in [3.63, 3.8) is 0 Å². The van der Waals surface area contributed by atoms with E-state index in [1.165, 1.54) is 11.8 Å². The molecule has 1 aromatic heterocycles. The first-order valence-corrected chi connectivity index (χ1v) is 14.2. The summed E-state index contributed by atoms with van der Waals surface area (Å²) in [4.78, 5) is 45.3. The van der Waals surface area contributed by atoms with Gasteiger partial charge in [0.1, 0.15) is 17.8 Å². The van der Waals surface area contributed by atoms with Crippen LogP contribution in [0.3, 0.4) is 0 Å². The molecule has 214 valence electrons. The summed E-state index contributed by atoms with van der Waals surface area (Å²) in [5.74, 6) is -0.426. The van der Waals surface area contributed by atoms with E-state index in [1.54, 1.807) is 16.8 Å². The summed E-state index contributed by atoms with van der Waals surface area (Å²) in [5, 5.41) is 16.0. The van der Waals surface area contributed by atoms with Crippen molar-refractivity contribution in [2.75, 3.05) is 19.7 Å². The number of hydrogen-bond donors (Lipinski definition) is 4.